The highest BCUT2D eigenvalue weighted by Crippen LogP contribution is 2.30. The molecule has 2 unspecified atom stereocenters. The summed E-state index contributed by atoms with van der Waals surface area (Å²) in [6.45, 7) is 7.22. The Hall–Kier alpha value is -0.0800. The van der Waals surface area contributed by atoms with Gasteiger partial charge in [0.25, 0.3) is 0 Å². The smallest absolute Gasteiger partial charge is 0.0254 e. The lowest BCUT2D eigenvalue weighted by atomic mass is 9.86. The average molecular weight is 196 g/mol. The first-order valence-corrected chi connectivity index (χ1v) is 6.16. The molecule has 0 aromatic rings. The van der Waals surface area contributed by atoms with Crippen LogP contribution in [0.3, 0.4) is 0 Å². The molecule has 14 heavy (non-hydrogen) atoms. The third-order valence-electron chi connectivity index (χ3n) is 4.06. The second kappa shape index (κ2) is 4.19. The number of nitrogens with zero attached hydrogens (tertiary/aromatic N) is 2. The molecule has 2 heteroatoms. The zero-order valence-electron chi connectivity index (χ0n) is 9.87. The van der Waals surface area contributed by atoms with Crippen LogP contribution in [0.4, 0.5) is 0 Å². The molecular formula is C12H24N2. The molecule has 2 aliphatic rings. The largest absolute Gasteiger partial charge is 0.301 e. The molecular weight excluding hydrogens is 172 g/mol. The van der Waals surface area contributed by atoms with Gasteiger partial charge in [-0.15, -0.1) is 0 Å². The summed E-state index contributed by atoms with van der Waals surface area (Å²) in [7, 11) is 2.31. The second-order valence-electron chi connectivity index (χ2n) is 5.23. The van der Waals surface area contributed by atoms with E-state index in [4.69, 9.17) is 0 Å². The molecule has 0 amide bonds. The molecule has 1 aliphatic carbocycles. The van der Waals surface area contributed by atoms with E-state index >= 15 is 0 Å². The van der Waals surface area contributed by atoms with Gasteiger partial charge in [-0.2, -0.15) is 0 Å². The summed E-state index contributed by atoms with van der Waals surface area (Å²) in [6.07, 6.45) is 5.73. The number of hydrogen-bond acceptors (Lipinski definition) is 2. The Labute approximate surface area is 88.3 Å². The maximum atomic E-state index is 2.73. The molecule has 0 aromatic carbocycles. The Morgan fingerprint density at radius 1 is 1.00 bits per heavy atom. The van der Waals surface area contributed by atoms with Crippen LogP contribution in [0.15, 0.2) is 0 Å². The van der Waals surface area contributed by atoms with Crippen molar-refractivity contribution in [3.8, 4) is 0 Å². The van der Waals surface area contributed by atoms with E-state index in [0.717, 1.165) is 18.1 Å². The molecule has 2 nitrogen and oxygen atoms in total. The van der Waals surface area contributed by atoms with Crippen LogP contribution >= 0.6 is 0 Å². The van der Waals surface area contributed by atoms with E-state index < -0.39 is 0 Å². The first-order chi connectivity index (χ1) is 6.70. The Morgan fingerprint density at radius 2 is 1.64 bits per heavy atom. The van der Waals surface area contributed by atoms with Crippen molar-refractivity contribution in [3.05, 3.63) is 0 Å². The van der Waals surface area contributed by atoms with Crippen LogP contribution in [0.25, 0.3) is 0 Å². The maximum absolute atomic E-state index is 2.73. The van der Waals surface area contributed by atoms with Gasteiger partial charge >= 0.3 is 0 Å². The van der Waals surface area contributed by atoms with Gasteiger partial charge in [-0.05, 0) is 33.7 Å². The van der Waals surface area contributed by atoms with Crippen molar-refractivity contribution in [3.63, 3.8) is 0 Å². The fourth-order valence-corrected chi connectivity index (χ4v) is 3.24. The molecule has 0 aromatic heterocycles. The number of hydrogen-bond donors (Lipinski definition) is 0. The van der Waals surface area contributed by atoms with Gasteiger partial charge in [-0.3, -0.25) is 4.90 Å². The molecule has 1 saturated carbocycles. The monoisotopic (exact) mass is 196 g/mol. The summed E-state index contributed by atoms with van der Waals surface area (Å²) in [4.78, 5) is 5.31. The lowest BCUT2D eigenvalue weighted by Gasteiger charge is -2.50. The minimum absolute atomic E-state index is 0.731. The van der Waals surface area contributed by atoms with Crippen molar-refractivity contribution >= 4 is 0 Å². The van der Waals surface area contributed by atoms with Crippen molar-refractivity contribution in [1.82, 2.24) is 9.80 Å². The lowest BCUT2D eigenvalue weighted by Crippen LogP contribution is -2.60. The molecule has 1 aliphatic heterocycles. The van der Waals surface area contributed by atoms with Gasteiger partial charge in [0.1, 0.15) is 0 Å². The fourth-order valence-electron chi connectivity index (χ4n) is 3.24. The summed E-state index contributed by atoms with van der Waals surface area (Å²) < 4.78 is 0. The number of piperazine rings is 1. The van der Waals surface area contributed by atoms with Gasteiger partial charge in [-0.25, -0.2) is 0 Å². The standard InChI is InChI=1S/C12H24N2/c1-10(2)14-9-8-13(3)11-6-4-5-7-12(11)14/h10-12H,4-9H2,1-3H3. The molecule has 0 N–H and O–H groups in total. The van der Waals surface area contributed by atoms with E-state index in [1.54, 1.807) is 0 Å². The maximum Gasteiger partial charge on any atom is 0.0254 e. The summed E-state index contributed by atoms with van der Waals surface area (Å²) in [5.74, 6) is 0. The predicted octanol–water partition coefficient (Wildman–Crippen LogP) is 1.95. The van der Waals surface area contributed by atoms with Gasteiger partial charge in [0.2, 0.25) is 0 Å². The Morgan fingerprint density at radius 3 is 2.29 bits per heavy atom. The van der Waals surface area contributed by atoms with E-state index in [9.17, 15) is 0 Å². The molecule has 0 spiro atoms. The van der Waals surface area contributed by atoms with E-state index in [0.29, 0.717) is 0 Å². The molecule has 0 bridgehead atoms. The van der Waals surface area contributed by atoms with E-state index in [1.165, 1.54) is 38.8 Å². The summed E-state index contributed by atoms with van der Waals surface area (Å²) >= 11 is 0. The summed E-state index contributed by atoms with van der Waals surface area (Å²) in [6, 6.07) is 2.43. The highest BCUT2D eigenvalue weighted by molar-refractivity contribution is 4.93. The lowest BCUT2D eigenvalue weighted by molar-refractivity contribution is -0.00695. The van der Waals surface area contributed by atoms with Crippen LogP contribution in [-0.2, 0) is 0 Å². The number of likely N-dealkylation sites (N-methyl/N-ethyl adjacent to an activating group) is 1. The van der Waals surface area contributed by atoms with Crippen LogP contribution in [0.2, 0.25) is 0 Å². The minimum Gasteiger partial charge on any atom is -0.301 e. The van der Waals surface area contributed by atoms with Crippen LogP contribution < -0.4 is 0 Å². The van der Waals surface area contributed by atoms with E-state index in [1.807, 2.05) is 0 Å². The van der Waals surface area contributed by atoms with Gasteiger partial charge in [0.15, 0.2) is 0 Å². The van der Waals surface area contributed by atoms with Crippen molar-refractivity contribution in [2.45, 2.75) is 57.7 Å². The zero-order valence-corrected chi connectivity index (χ0v) is 9.87. The molecule has 2 rings (SSSR count). The third-order valence-corrected chi connectivity index (χ3v) is 4.06. The first kappa shape index (κ1) is 10.4. The van der Waals surface area contributed by atoms with Crippen molar-refractivity contribution in [2.75, 3.05) is 20.1 Å². The molecule has 82 valence electrons. The van der Waals surface area contributed by atoms with Crippen molar-refractivity contribution in [2.24, 2.45) is 0 Å². The Balaban J connectivity index is 2.08. The van der Waals surface area contributed by atoms with Crippen LogP contribution in [0.5, 0.6) is 0 Å². The Bertz CT molecular complexity index is 189. The summed E-state index contributed by atoms with van der Waals surface area (Å²) in [5.41, 5.74) is 0. The number of rotatable bonds is 1. The van der Waals surface area contributed by atoms with E-state index in [-0.39, 0.29) is 0 Å². The first-order valence-electron chi connectivity index (χ1n) is 6.16. The molecule has 2 atom stereocenters. The second-order valence-corrected chi connectivity index (χ2v) is 5.23. The van der Waals surface area contributed by atoms with Crippen molar-refractivity contribution in [1.29, 1.82) is 0 Å². The van der Waals surface area contributed by atoms with Gasteiger partial charge in [0.05, 0.1) is 0 Å². The van der Waals surface area contributed by atoms with Crippen LogP contribution in [0, 0.1) is 0 Å². The van der Waals surface area contributed by atoms with Crippen LogP contribution in [-0.4, -0.2) is 48.1 Å². The quantitative estimate of drug-likeness (QED) is 0.632. The van der Waals surface area contributed by atoms with Gasteiger partial charge in [0, 0.05) is 31.2 Å². The van der Waals surface area contributed by atoms with E-state index in [2.05, 4.69) is 30.7 Å². The minimum atomic E-state index is 0.731. The van der Waals surface area contributed by atoms with Gasteiger partial charge < -0.3 is 4.90 Å². The molecule has 2 fully saturated rings. The third kappa shape index (κ3) is 1.82. The topological polar surface area (TPSA) is 6.48 Å². The normalized spacial score (nSPS) is 36.0. The Kier molecular flexibility index (Phi) is 3.13. The zero-order chi connectivity index (χ0) is 10.1. The summed E-state index contributed by atoms with van der Waals surface area (Å²) in [5, 5.41) is 0. The fraction of sp³-hybridized carbons (Fsp3) is 1.00. The highest BCUT2D eigenvalue weighted by Gasteiger charge is 2.36. The number of fused-ring (bicyclic) bond motifs is 1. The highest BCUT2D eigenvalue weighted by atomic mass is 15.3. The molecule has 1 heterocycles. The van der Waals surface area contributed by atoms with Crippen LogP contribution in [0.1, 0.15) is 39.5 Å². The van der Waals surface area contributed by atoms with Gasteiger partial charge in [-0.1, -0.05) is 12.8 Å². The molecule has 1 saturated heterocycles. The SMILES string of the molecule is CC(C)N1CCN(C)C2CCCCC21. The average Bonchev–Trinajstić information content (AvgIpc) is 2.18. The molecule has 0 radical (unpaired) electrons. The predicted molar refractivity (Wildman–Crippen MR) is 60.5 cm³/mol. The van der Waals surface area contributed by atoms with Crippen molar-refractivity contribution < 1.29 is 0 Å².